The molecule has 2 aromatic carbocycles. The Morgan fingerprint density at radius 3 is 2.14 bits per heavy atom. The number of aryl methyl sites for hydroxylation is 2. The molecule has 10 nitrogen and oxygen atoms in total. The summed E-state index contributed by atoms with van der Waals surface area (Å²) >= 11 is 17.5. The molecule has 234 valence electrons. The lowest BCUT2D eigenvalue weighted by Gasteiger charge is -2.28. The third kappa shape index (κ3) is 11.9. The van der Waals surface area contributed by atoms with Crippen LogP contribution in [-0.4, -0.2) is 81.2 Å². The van der Waals surface area contributed by atoms with E-state index in [-0.39, 0.29) is 13.0 Å². The highest BCUT2D eigenvalue weighted by Gasteiger charge is 2.51. The van der Waals surface area contributed by atoms with Gasteiger partial charge in [-0.1, -0.05) is 65.1 Å². The molecule has 2 rings (SSSR count). The summed E-state index contributed by atoms with van der Waals surface area (Å²) in [4.78, 5) is 26.9. The van der Waals surface area contributed by atoms with Crippen molar-refractivity contribution in [1.29, 1.82) is 0 Å². The Morgan fingerprint density at radius 1 is 0.905 bits per heavy atom. The molecule has 14 heteroatoms. The van der Waals surface area contributed by atoms with Crippen molar-refractivity contribution in [3.05, 3.63) is 59.7 Å². The first-order chi connectivity index (χ1) is 19.8. The molecule has 2 atom stereocenters. The third-order valence-corrected chi connectivity index (χ3v) is 9.07. The first-order valence-corrected chi connectivity index (χ1v) is 15.7. The zero-order valence-corrected chi connectivity index (χ0v) is 27.4. The van der Waals surface area contributed by atoms with E-state index in [1.54, 1.807) is 7.11 Å². The minimum Gasteiger partial charge on any atom is -0.497 e. The Kier molecular flexibility index (Phi) is 14.9. The lowest BCUT2D eigenvalue weighted by Crippen LogP contribution is -2.35. The maximum absolute atomic E-state index is 12.7. The smallest absolute Gasteiger partial charge is 0.374 e. The highest BCUT2D eigenvalue weighted by atomic mass is 35.6. The summed E-state index contributed by atoms with van der Waals surface area (Å²) < 4.78 is 42.0. The van der Waals surface area contributed by atoms with Gasteiger partial charge in [-0.05, 0) is 56.3 Å². The number of methoxy groups -OCH3 is 1. The van der Waals surface area contributed by atoms with Gasteiger partial charge >= 0.3 is 19.5 Å². The highest BCUT2D eigenvalue weighted by Crippen LogP contribution is 2.59. The Bertz CT molecular complexity index is 1200. The number of benzene rings is 2. The van der Waals surface area contributed by atoms with Gasteiger partial charge < -0.3 is 32.9 Å². The molecule has 2 aromatic rings. The number of hydrogen-bond donors (Lipinski definition) is 0. The average Bonchev–Trinajstić information content (AvgIpc) is 2.95. The molecule has 0 fully saturated rings. The number of carbonyl (C=O) groups is 2. The summed E-state index contributed by atoms with van der Waals surface area (Å²) in [5.41, 5.74) is 2.14. The van der Waals surface area contributed by atoms with Gasteiger partial charge in [0.15, 0.2) is 0 Å². The normalized spacial score (nSPS) is 13.4. The zero-order valence-electron chi connectivity index (χ0n) is 24.2. The molecule has 0 aliphatic heterocycles. The molecular formula is C28H37Cl3NO9P. The van der Waals surface area contributed by atoms with Crippen LogP contribution < -0.4 is 9.47 Å². The molecule has 0 saturated heterocycles. The highest BCUT2D eigenvalue weighted by molar-refractivity contribution is 7.55. The molecule has 42 heavy (non-hydrogen) atoms. The first kappa shape index (κ1) is 36.2. The van der Waals surface area contributed by atoms with Gasteiger partial charge in [-0.25, -0.2) is 0 Å². The molecular weight excluding hydrogens is 632 g/mol. The van der Waals surface area contributed by atoms with Gasteiger partial charge in [-0.15, -0.1) is 0 Å². The molecule has 1 unspecified atom stereocenters. The van der Waals surface area contributed by atoms with Crippen LogP contribution in [0.5, 0.6) is 11.5 Å². The molecule has 0 saturated carbocycles. The van der Waals surface area contributed by atoms with Gasteiger partial charge in [0.25, 0.3) is 0 Å². The minimum absolute atomic E-state index is 0.0880. The third-order valence-electron chi connectivity index (χ3n) is 5.93. The zero-order chi connectivity index (χ0) is 31.3. The van der Waals surface area contributed by atoms with Crippen LogP contribution in [0.15, 0.2) is 48.5 Å². The Morgan fingerprint density at radius 2 is 1.55 bits per heavy atom. The second kappa shape index (κ2) is 17.3. The van der Waals surface area contributed by atoms with Crippen LogP contribution in [-0.2, 0) is 45.5 Å². The molecule has 0 aromatic heterocycles. The molecule has 0 amide bonds. The number of esters is 2. The average molecular weight is 669 g/mol. The van der Waals surface area contributed by atoms with E-state index in [9.17, 15) is 14.2 Å². The van der Waals surface area contributed by atoms with Crippen molar-refractivity contribution in [2.75, 3.05) is 48.6 Å². The van der Waals surface area contributed by atoms with Crippen molar-refractivity contribution >= 4 is 54.3 Å². The maximum Gasteiger partial charge on any atom is 0.374 e. The number of ether oxygens (including phenoxy) is 4. The van der Waals surface area contributed by atoms with Crippen LogP contribution in [0.1, 0.15) is 24.0 Å². The predicted octanol–water partition coefficient (Wildman–Crippen LogP) is 5.84. The van der Waals surface area contributed by atoms with Crippen molar-refractivity contribution in [3.63, 3.8) is 0 Å². The summed E-state index contributed by atoms with van der Waals surface area (Å²) in [7, 11) is 3.32. The number of alkyl halides is 3. The van der Waals surface area contributed by atoms with Crippen molar-refractivity contribution in [2.24, 2.45) is 0 Å². The lowest BCUT2D eigenvalue weighted by molar-refractivity contribution is -0.156. The van der Waals surface area contributed by atoms with E-state index in [1.165, 1.54) is 0 Å². The van der Waals surface area contributed by atoms with Crippen LogP contribution in [0.2, 0.25) is 0 Å². The molecule has 0 N–H and O–H groups in total. The molecule has 0 heterocycles. The summed E-state index contributed by atoms with van der Waals surface area (Å²) in [6.07, 6.45) is 0.125. The molecule has 0 aliphatic carbocycles. The molecule has 0 bridgehead atoms. The van der Waals surface area contributed by atoms with Gasteiger partial charge in [-0.3, -0.25) is 14.2 Å². The number of carbonyl (C=O) groups excluding carboxylic acids is 2. The van der Waals surface area contributed by atoms with E-state index in [4.69, 9.17) is 62.8 Å². The van der Waals surface area contributed by atoms with E-state index in [0.29, 0.717) is 12.3 Å². The van der Waals surface area contributed by atoms with Gasteiger partial charge in [-0.2, -0.15) is 0 Å². The SMILES string of the molecule is COc1cccc(CCc2ccccc2OC[C@H](CN(C)C)OC(=O)CCC(=O)OC(C(Cl)(Cl)Cl)P(=O)(OC)OC)c1. The Hall–Kier alpha value is -2.04. The van der Waals surface area contributed by atoms with Crippen molar-refractivity contribution in [3.8, 4) is 11.5 Å². The quantitative estimate of drug-likeness (QED) is 0.116. The number of hydrogen-bond acceptors (Lipinski definition) is 10. The molecule has 0 spiro atoms. The van der Waals surface area contributed by atoms with E-state index < -0.39 is 41.7 Å². The van der Waals surface area contributed by atoms with Crippen LogP contribution in [0.25, 0.3) is 0 Å². The topological polar surface area (TPSA) is 110 Å². The lowest BCUT2D eigenvalue weighted by atomic mass is 10.0. The Labute approximate surface area is 261 Å². The fraction of sp³-hybridized carbons (Fsp3) is 0.500. The summed E-state index contributed by atoms with van der Waals surface area (Å²) in [5.74, 6) is -1.98. The largest absolute Gasteiger partial charge is 0.497 e. The van der Waals surface area contributed by atoms with Gasteiger partial charge in [0.05, 0.1) is 20.0 Å². The van der Waals surface area contributed by atoms with E-state index in [1.807, 2.05) is 67.5 Å². The number of para-hydroxylation sites is 1. The monoisotopic (exact) mass is 667 g/mol. The number of rotatable bonds is 17. The summed E-state index contributed by atoms with van der Waals surface area (Å²) in [6.45, 7) is 0.465. The minimum atomic E-state index is -4.10. The van der Waals surface area contributed by atoms with Gasteiger partial charge in [0.1, 0.15) is 24.2 Å². The van der Waals surface area contributed by atoms with E-state index in [0.717, 1.165) is 43.9 Å². The number of halogens is 3. The second-order valence-corrected chi connectivity index (χ2v) is 14.1. The fourth-order valence-corrected chi connectivity index (χ4v) is 6.23. The number of likely N-dealkylation sites (N-methyl/N-ethyl adjacent to an activating group) is 1. The predicted molar refractivity (Wildman–Crippen MR) is 162 cm³/mol. The molecule has 0 aliphatic rings. The van der Waals surface area contributed by atoms with E-state index >= 15 is 0 Å². The van der Waals surface area contributed by atoms with Crippen LogP contribution >= 0.6 is 42.4 Å². The Balaban J connectivity index is 1.97. The van der Waals surface area contributed by atoms with Crippen molar-refractivity contribution in [1.82, 2.24) is 4.90 Å². The van der Waals surface area contributed by atoms with Crippen LogP contribution in [0, 0.1) is 0 Å². The first-order valence-electron chi connectivity index (χ1n) is 13.0. The second-order valence-electron chi connectivity index (χ2n) is 9.43. The van der Waals surface area contributed by atoms with Crippen LogP contribution in [0.4, 0.5) is 0 Å². The van der Waals surface area contributed by atoms with Crippen molar-refractivity contribution in [2.45, 2.75) is 41.4 Å². The van der Waals surface area contributed by atoms with Crippen molar-refractivity contribution < 1.29 is 42.1 Å². The summed E-state index contributed by atoms with van der Waals surface area (Å²) in [6, 6.07) is 15.6. The summed E-state index contributed by atoms with van der Waals surface area (Å²) in [5, 5.41) is 0. The van der Waals surface area contributed by atoms with Gasteiger partial charge in [0.2, 0.25) is 9.64 Å². The van der Waals surface area contributed by atoms with E-state index in [2.05, 4.69) is 0 Å². The fourth-order valence-electron chi connectivity index (χ4n) is 3.88. The van der Waals surface area contributed by atoms with Gasteiger partial charge in [0, 0.05) is 20.8 Å². The number of nitrogens with zero attached hydrogens (tertiary/aromatic N) is 1. The standard InChI is InChI=1S/C28H37Cl3NO9P/c1-32(2)18-23(40-25(33)15-16-26(34)41-27(28(29,30)31)42(35,37-4)38-5)19-39-24-12-7-6-10-21(24)14-13-20-9-8-11-22(17-20)36-3/h6-12,17,23,27H,13-16,18-19H2,1-5H3/t23-,27?/m0/s1. The maximum atomic E-state index is 12.7. The molecule has 0 radical (unpaired) electrons. The van der Waals surface area contributed by atoms with Crippen LogP contribution in [0.3, 0.4) is 0 Å².